The second-order valence-electron chi connectivity index (χ2n) is 5.98. The Bertz CT molecular complexity index is 493. The maximum absolute atomic E-state index is 12.7. The van der Waals surface area contributed by atoms with Gasteiger partial charge in [-0.2, -0.15) is 0 Å². The molecule has 0 aliphatic heterocycles. The van der Waals surface area contributed by atoms with Crippen LogP contribution in [0.4, 0.5) is 0 Å². The Balaban J connectivity index is 2.36. The average Bonchev–Trinajstić information content (AvgIpc) is 2.73. The van der Waals surface area contributed by atoms with Gasteiger partial charge in [-0.25, -0.2) is 0 Å². The van der Waals surface area contributed by atoms with Crippen molar-refractivity contribution in [1.82, 2.24) is 5.32 Å². The Hall–Kier alpha value is -0.870. The molecule has 3 nitrogen and oxygen atoms in total. The Kier molecular flexibility index (Phi) is 4.02. The van der Waals surface area contributed by atoms with Crippen molar-refractivity contribution in [2.75, 3.05) is 14.2 Å². The fourth-order valence-corrected chi connectivity index (χ4v) is 4.47. The fourth-order valence-electron chi connectivity index (χ4n) is 2.71. The van der Waals surface area contributed by atoms with E-state index in [2.05, 4.69) is 17.4 Å². The Morgan fingerprint density at radius 2 is 2.05 bits per heavy atom. The van der Waals surface area contributed by atoms with Crippen LogP contribution in [0.2, 0.25) is 0 Å². The molecule has 3 unspecified atom stereocenters. The number of hydrogen-bond acceptors (Lipinski definition) is 3. The highest BCUT2D eigenvalue weighted by molar-refractivity contribution is 7.87. The van der Waals surface area contributed by atoms with E-state index in [0.717, 1.165) is 12.2 Å². The molecule has 19 heavy (non-hydrogen) atoms. The van der Waals surface area contributed by atoms with Crippen molar-refractivity contribution < 1.29 is 8.95 Å². The largest absolute Gasteiger partial charge is 0.497 e. The zero-order valence-corrected chi connectivity index (χ0v) is 13.1. The van der Waals surface area contributed by atoms with Crippen molar-refractivity contribution in [1.29, 1.82) is 0 Å². The van der Waals surface area contributed by atoms with E-state index in [0.29, 0.717) is 0 Å². The summed E-state index contributed by atoms with van der Waals surface area (Å²) in [5.74, 6) is 0.862. The van der Waals surface area contributed by atoms with Crippen LogP contribution in [0.5, 0.6) is 5.75 Å². The SMILES string of the molecule is CNC1c2cc(OC)ccc2CC1S(=O)C(C)(C)C. The van der Waals surface area contributed by atoms with Crippen LogP contribution in [0.1, 0.15) is 37.9 Å². The van der Waals surface area contributed by atoms with Crippen LogP contribution in [0.3, 0.4) is 0 Å². The van der Waals surface area contributed by atoms with Crippen LogP contribution in [0, 0.1) is 0 Å². The molecule has 1 aliphatic rings. The molecule has 0 aromatic heterocycles. The third-order valence-corrected chi connectivity index (χ3v) is 5.87. The zero-order chi connectivity index (χ0) is 14.2. The molecular weight excluding hydrogens is 258 g/mol. The van der Waals surface area contributed by atoms with Crippen LogP contribution >= 0.6 is 0 Å². The number of methoxy groups -OCH3 is 1. The molecule has 106 valence electrons. The average molecular weight is 281 g/mol. The molecule has 2 rings (SSSR count). The molecule has 4 heteroatoms. The summed E-state index contributed by atoms with van der Waals surface area (Å²) >= 11 is 0. The molecule has 0 saturated carbocycles. The van der Waals surface area contributed by atoms with Gasteiger partial charge in [-0.05, 0) is 57.5 Å². The lowest BCUT2D eigenvalue weighted by Gasteiger charge is -2.27. The summed E-state index contributed by atoms with van der Waals surface area (Å²) in [5.41, 5.74) is 2.51. The van der Waals surface area contributed by atoms with Gasteiger partial charge in [0.1, 0.15) is 5.75 Å². The van der Waals surface area contributed by atoms with E-state index in [9.17, 15) is 4.21 Å². The summed E-state index contributed by atoms with van der Waals surface area (Å²) in [6.07, 6.45) is 0.870. The van der Waals surface area contributed by atoms with Gasteiger partial charge >= 0.3 is 0 Å². The standard InChI is InChI=1S/C15H23NO2S/c1-15(2,3)19(17)13-8-10-6-7-11(18-5)9-12(10)14(13)16-4/h6-7,9,13-14,16H,8H2,1-5H3. The first kappa shape index (κ1) is 14.5. The molecule has 0 fully saturated rings. The minimum atomic E-state index is -0.881. The van der Waals surface area contributed by atoms with Gasteiger partial charge in [0.25, 0.3) is 0 Å². The van der Waals surface area contributed by atoms with E-state index in [-0.39, 0.29) is 16.0 Å². The minimum absolute atomic E-state index is 0.132. The first-order valence-corrected chi connectivity index (χ1v) is 7.84. The van der Waals surface area contributed by atoms with Gasteiger partial charge in [0.05, 0.1) is 12.4 Å². The number of benzene rings is 1. The first-order chi connectivity index (χ1) is 8.88. The number of rotatable bonds is 3. The van der Waals surface area contributed by atoms with E-state index in [1.807, 2.05) is 33.9 Å². The molecular formula is C15H23NO2S. The molecule has 1 aliphatic carbocycles. The van der Waals surface area contributed by atoms with Crippen LogP contribution in [0.15, 0.2) is 18.2 Å². The predicted octanol–water partition coefficient (Wildman–Crippen LogP) is 2.43. The number of ether oxygens (including phenoxy) is 1. The third kappa shape index (κ3) is 2.70. The smallest absolute Gasteiger partial charge is 0.119 e. The molecule has 0 spiro atoms. The number of nitrogens with one attached hydrogen (secondary N) is 1. The van der Waals surface area contributed by atoms with Crippen molar-refractivity contribution in [3.05, 3.63) is 29.3 Å². The van der Waals surface area contributed by atoms with Crippen molar-refractivity contribution in [3.8, 4) is 5.75 Å². The summed E-state index contributed by atoms with van der Waals surface area (Å²) in [4.78, 5) is 0. The molecule has 0 amide bonds. The summed E-state index contributed by atoms with van der Waals surface area (Å²) < 4.78 is 17.8. The highest BCUT2D eigenvalue weighted by atomic mass is 32.2. The van der Waals surface area contributed by atoms with E-state index in [1.54, 1.807) is 7.11 Å². The minimum Gasteiger partial charge on any atom is -0.497 e. The number of fused-ring (bicyclic) bond motifs is 1. The Morgan fingerprint density at radius 3 is 2.58 bits per heavy atom. The van der Waals surface area contributed by atoms with Crippen LogP contribution in [-0.4, -0.2) is 28.4 Å². The summed E-state index contributed by atoms with van der Waals surface area (Å²) in [7, 11) is 2.73. The zero-order valence-electron chi connectivity index (χ0n) is 12.3. The molecule has 0 saturated heterocycles. The second kappa shape index (κ2) is 5.25. The molecule has 0 heterocycles. The Morgan fingerprint density at radius 1 is 1.37 bits per heavy atom. The predicted molar refractivity (Wildman–Crippen MR) is 80.2 cm³/mol. The fraction of sp³-hybridized carbons (Fsp3) is 0.600. The molecule has 1 aromatic carbocycles. The van der Waals surface area contributed by atoms with Crippen LogP contribution in [0.25, 0.3) is 0 Å². The molecule has 1 N–H and O–H groups in total. The molecule has 0 radical (unpaired) electrons. The third-order valence-electron chi connectivity index (χ3n) is 3.67. The topological polar surface area (TPSA) is 38.3 Å². The van der Waals surface area contributed by atoms with Gasteiger partial charge in [-0.15, -0.1) is 0 Å². The van der Waals surface area contributed by atoms with Gasteiger partial charge in [0, 0.05) is 21.6 Å². The summed E-state index contributed by atoms with van der Waals surface area (Å²) in [5, 5.41) is 3.46. The van der Waals surface area contributed by atoms with Crippen molar-refractivity contribution in [2.45, 2.75) is 43.2 Å². The van der Waals surface area contributed by atoms with Gasteiger partial charge in [-0.3, -0.25) is 4.21 Å². The highest BCUT2D eigenvalue weighted by Gasteiger charge is 2.39. The van der Waals surface area contributed by atoms with Crippen LogP contribution in [-0.2, 0) is 17.2 Å². The van der Waals surface area contributed by atoms with Gasteiger partial charge in [-0.1, -0.05) is 6.07 Å². The highest BCUT2D eigenvalue weighted by Crippen LogP contribution is 2.38. The normalized spacial score (nSPS) is 24.1. The quantitative estimate of drug-likeness (QED) is 0.925. The lowest BCUT2D eigenvalue weighted by Crippen LogP contribution is -2.37. The van der Waals surface area contributed by atoms with Crippen molar-refractivity contribution in [3.63, 3.8) is 0 Å². The summed E-state index contributed by atoms with van der Waals surface area (Å²) in [6, 6.07) is 6.29. The van der Waals surface area contributed by atoms with Crippen molar-refractivity contribution in [2.24, 2.45) is 0 Å². The maximum atomic E-state index is 12.7. The van der Waals surface area contributed by atoms with Gasteiger partial charge in [0.15, 0.2) is 0 Å². The van der Waals surface area contributed by atoms with Gasteiger partial charge < -0.3 is 10.1 Å². The van der Waals surface area contributed by atoms with E-state index < -0.39 is 10.8 Å². The summed E-state index contributed by atoms with van der Waals surface area (Å²) in [6.45, 7) is 6.12. The maximum Gasteiger partial charge on any atom is 0.119 e. The van der Waals surface area contributed by atoms with E-state index in [4.69, 9.17) is 4.74 Å². The van der Waals surface area contributed by atoms with E-state index in [1.165, 1.54) is 11.1 Å². The molecule has 1 aromatic rings. The molecule has 3 atom stereocenters. The van der Waals surface area contributed by atoms with E-state index >= 15 is 0 Å². The Labute approximate surface area is 118 Å². The number of hydrogen-bond donors (Lipinski definition) is 1. The monoisotopic (exact) mass is 281 g/mol. The van der Waals surface area contributed by atoms with Crippen LogP contribution < -0.4 is 10.1 Å². The molecule has 0 bridgehead atoms. The lowest BCUT2D eigenvalue weighted by molar-refractivity contribution is 0.413. The second-order valence-corrected chi connectivity index (χ2v) is 8.41. The van der Waals surface area contributed by atoms with Gasteiger partial charge in [0.2, 0.25) is 0 Å². The lowest BCUT2D eigenvalue weighted by atomic mass is 10.1. The van der Waals surface area contributed by atoms with Crippen molar-refractivity contribution >= 4 is 10.8 Å². The first-order valence-electron chi connectivity index (χ1n) is 6.63.